The van der Waals surface area contributed by atoms with Crippen LogP contribution in [0.1, 0.15) is 16.8 Å². The van der Waals surface area contributed by atoms with E-state index in [1.807, 2.05) is 60.7 Å². The summed E-state index contributed by atoms with van der Waals surface area (Å²) < 4.78 is 5.93. The Balaban J connectivity index is 1.69. The molecule has 0 aliphatic heterocycles. The number of para-hydroxylation sites is 1. The fourth-order valence-corrected chi connectivity index (χ4v) is 2.25. The molecule has 0 atom stereocenters. The molecular weight excluding hydrogens is 300 g/mol. The van der Waals surface area contributed by atoms with Gasteiger partial charge >= 0.3 is 0 Å². The Kier molecular flexibility index (Phi) is 5.00. The van der Waals surface area contributed by atoms with Crippen molar-refractivity contribution in [3.63, 3.8) is 0 Å². The average Bonchev–Trinajstić information content (AvgIpc) is 2.66. The Morgan fingerprint density at radius 3 is 2.54 bits per heavy atom. The van der Waals surface area contributed by atoms with Crippen LogP contribution in [0, 0.1) is 11.3 Å². The van der Waals surface area contributed by atoms with Crippen LogP contribution >= 0.6 is 0 Å². The molecule has 0 fully saturated rings. The third-order valence-electron chi connectivity index (χ3n) is 3.46. The number of hydrogen-bond acceptors (Lipinski definition) is 5. The Bertz CT molecular complexity index is 843. The summed E-state index contributed by atoms with van der Waals surface area (Å²) in [6.07, 6.45) is 3.06. The van der Waals surface area contributed by atoms with E-state index in [0.717, 1.165) is 16.9 Å². The SMILES string of the molecule is N#Cc1nccnc1NCc1ccccc1OCc1ccccc1. The van der Waals surface area contributed by atoms with Gasteiger partial charge in [-0.3, -0.25) is 0 Å². The molecule has 24 heavy (non-hydrogen) atoms. The number of anilines is 1. The minimum atomic E-state index is 0.278. The van der Waals surface area contributed by atoms with Crippen LogP contribution in [-0.4, -0.2) is 9.97 Å². The molecular formula is C19H16N4O. The third kappa shape index (κ3) is 3.87. The first-order valence-electron chi connectivity index (χ1n) is 7.56. The first-order valence-corrected chi connectivity index (χ1v) is 7.56. The van der Waals surface area contributed by atoms with E-state index in [9.17, 15) is 0 Å². The normalized spacial score (nSPS) is 9.96. The van der Waals surface area contributed by atoms with E-state index in [0.29, 0.717) is 19.0 Å². The lowest BCUT2D eigenvalue weighted by Gasteiger charge is -2.12. The Hall–Kier alpha value is -3.39. The minimum absolute atomic E-state index is 0.278. The highest BCUT2D eigenvalue weighted by Crippen LogP contribution is 2.21. The summed E-state index contributed by atoms with van der Waals surface area (Å²) in [5.74, 6) is 1.27. The van der Waals surface area contributed by atoms with Crippen LogP contribution in [-0.2, 0) is 13.2 Å². The Labute approximate surface area is 140 Å². The Morgan fingerprint density at radius 1 is 0.958 bits per heavy atom. The molecule has 0 aliphatic carbocycles. The lowest BCUT2D eigenvalue weighted by atomic mass is 10.2. The number of nitriles is 1. The molecule has 1 heterocycles. The van der Waals surface area contributed by atoms with E-state index < -0.39 is 0 Å². The van der Waals surface area contributed by atoms with Gasteiger partial charge in [-0.05, 0) is 11.6 Å². The predicted molar refractivity (Wildman–Crippen MR) is 91.3 cm³/mol. The van der Waals surface area contributed by atoms with Gasteiger partial charge in [0.25, 0.3) is 0 Å². The molecule has 118 valence electrons. The second kappa shape index (κ2) is 7.75. The van der Waals surface area contributed by atoms with Crippen molar-refractivity contribution in [3.8, 4) is 11.8 Å². The zero-order valence-electron chi connectivity index (χ0n) is 13.0. The van der Waals surface area contributed by atoms with E-state index >= 15 is 0 Å². The molecule has 0 spiro atoms. The van der Waals surface area contributed by atoms with Crippen LogP contribution in [0.15, 0.2) is 67.0 Å². The summed E-state index contributed by atoms with van der Waals surface area (Å²) in [7, 11) is 0. The lowest BCUT2D eigenvalue weighted by Crippen LogP contribution is -2.06. The van der Waals surface area contributed by atoms with Gasteiger partial charge < -0.3 is 10.1 Å². The first-order chi connectivity index (χ1) is 11.9. The van der Waals surface area contributed by atoms with Crippen molar-refractivity contribution in [2.45, 2.75) is 13.2 Å². The van der Waals surface area contributed by atoms with E-state index in [1.54, 1.807) is 6.20 Å². The molecule has 0 amide bonds. The van der Waals surface area contributed by atoms with E-state index in [2.05, 4.69) is 15.3 Å². The first kappa shape index (κ1) is 15.5. The second-order valence-corrected chi connectivity index (χ2v) is 5.10. The molecule has 1 N–H and O–H groups in total. The standard InChI is InChI=1S/C19H16N4O/c20-12-17-19(22-11-10-21-17)23-13-16-8-4-5-9-18(16)24-14-15-6-2-1-3-7-15/h1-11H,13-14H2,(H,22,23). The van der Waals surface area contributed by atoms with E-state index in [1.165, 1.54) is 6.20 Å². The fourth-order valence-electron chi connectivity index (χ4n) is 2.25. The molecule has 5 heteroatoms. The molecule has 0 saturated carbocycles. The maximum Gasteiger partial charge on any atom is 0.182 e. The lowest BCUT2D eigenvalue weighted by molar-refractivity contribution is 0.303. The molecule has 5 nitrogen and oxygen atoms in total. The van der Waals surface area contributed by atoms with Gasteiger partial charge in [0.05, 0.1) is 0 Å². The summed E-state index contributed by atoms with van der Waals surface area (Å²) in [5, 5.41) is 12.2. The van der Waals surface area contributed by atoms with Gasteiger partial charge in [-0.15, -0.1) is 0 Å². The zero-order chi connectivity index (χ0) is 16.6. The highest BCUT2D eigenvalue weighted by molar-refractivity contribution is 5.48. The molecule has 3 rings (SSSR count). The smallest absolute Gasteiger partial charge is 0.182 e. The zero-order valence-corrected chi connectivity index (χ0v) is 13.0. The largest absolute Gasteiger partial charge is 0.489 e. The van der Waals surface area contributed by atoms with Crippen LogP contribution in [0.3, 0.4) is 0 Å². The second-order valence-electron chi connectivity index (χ2n) is 5.10. The Morgan fingerprint density at radius 2 is 1.71 bits per heavy atom. The number of aromatic nitrogens is 2. The molecule has 0 aliphatic rings. The highest BCUT2D eigenvalue weighted by atomic mass is 16.5. The number of ether oxygens (including phenoxy) is 1. The van der Waals surface area contributed by atoms with Crippen LogP contribution in [0.4, 0.5) is 5.82 Å². The van der Waals surface area contributed by atoms with Crippen molar-refractivity contribution in [2.24, 2.45) is 0 Å². The summed E-state index contributed by atoms with van der Waals surface area (Å²) in [4.78, 5) is 8.14. The van der Waals surface area contributed by atoms with Crippen molar-refractivity contribution >= 4 is 5.82 Å². The third-order valence-corrected chi connectivity index (χ3v) is 3.46. The van der Waals surface area contributed by atoms with Crippen LogP contribution < -0.4 is 10.1 Å². The van der Waals surface area contributed by atoms with Gasteiger partial charge in [0.1, 0.15) is 18.4 Å². The van der Waals surface area contributed by atoms with E-state index in [-0.39, 0.29) is 5.69 Å². The summed E-state index contributed by atoms with van der Waals surface area (Å²) in [6.45, 7) is 1.00. The number of hydrogen-bond donors (Lipinski definition) is 1. The molecule has 0 radical (unpaired) electrons. The predicted octanol–water partition coefficient (Wildman–Crippen LogP) is 3.54. The number of nitrogens with zero attached hydrogens (tertiary/aromatic N) is 3. The van der Waals surface area contributed by atoms with Crippen LogP contribution in [0.5, 0.6) is 5.75 Å². The minimum Gasteiger partial charge on any atom is -0.489 e. The molecule has 0 saturated heterocycles. The number of rotatable bonds is 6. The van der Waals surface area contributed by atoms with Crippen LogP contribution in [0.25, 0.3) is 0 Å². The maximum absolute atomic E-state index is 9.06. The van der Waals surface area contributed by atoms with Crippen LogP contribution in [0.2, 0.25) is 0 Å². The van der Waals surface area contributed by atoms with Gasteiger partial charge in [-0.2, -0.15) is 5.26 Å². The van der Waals surface area contributed by atoms with Crippen molar-refractivity contribution < 1.29 is 4.74 Å². The van der Waals surface area contributed by atoms with Gasteiger partial charge in [-0.25, -0.2) is 9.97 Å². The quantitative estimate of drug-likeness (QED) is 0.753. The van der Waals surface area contributed by atoms with Gasteiger partial charge in [-0.1, -0.05) is 48.5 Å². The van der Waals surface area contributed by atoms with Crippen molar-refractivity contribution in [1.82, 2.24) is 9.97 Å². The monoisotopic (exact) mass is 316 g/mol. The molecule has 0 unspecified atom stereocenters. The average molecular weight is 316 g/mol. The van der Waals surface area contributed by atoms with Gasteiger partial charge in [0.15, 0.2) is 11.5 Å². The van der Waals surface area contributed by atoms with Crippen molar-refractivity contribution in [1.29, 1.82) is 5.26 Å². The number of benzene rings is 2. The van der Waals surface area contributed by atoms with Gasteiger partial charge in [0, 0.05) is 24.5 Å². The topological polar surface area (TPSA) is 70.8 Å². The summed E-state index contributed by atoms with van der Waals surface area (Å²) >= 11 is 0. The molecule has 2 aromatic carbocycles. The van der Waals surface area contributed by atoms with E-state index in [4.69, 9.17) is 10.00 Å². The summed E-state index contributed by atoms with van der Waals surface area (Å²) in [6, 6.07) is 19.8. The number of nitrogens with one attached hydrogen (secondary N) is 1. The molecule has 3 aromatic rings. The highest BCUT2D eigenvalue weighted by Gasteiger charge is 2.07. The maximum atomic E-state index is 9.06. The fraction of sp³-hybridized carbons (Fsp3) is 0.105. The molecule has 1 aromatic heterocycles. The van der Waals surface area contributed by atoms with Gasteiger partial charge in [0.2, 0.25) is 0 Å². The summed E-state index contributed by atoms with van der Waals surface area (Å²) in [5.41, 5.74) is 2.38. The van der Waals surface area contributed by atoms with Crippen molar-refractivity contribution in [3.05, 3.63) is 83.8 Å². The van der Waals surface area contributed by atoms with Crippen molar-refractivity contribution in [2.75, 3.05) is 5.32 Å². The molecule has 0 bridgehead atoms.